The molecule has 0 aliphatic carbocycles. The maximum atomic E-state index is 8.93. The predicted molar refractivity (Wildman–Crippen MR) is 62.2 cm³/mol. The van der Waals surface area contributed by atoms with Gasteiger partial charge in [0.25, 0.3) is 0 Å². The van der Waals surface area contributed by atoms with Gasteiger partial charge in [-0.15, -0.1) is 0 Å². The van der Waals surface area contributed by atoms with Gasteiger partial charge in [0.15, 0.2) is 0 Å². The first-order valence-corrected chi connectivity index (χ1v) is 4.99. The molecule has 78 valence electrons. The van der Waals surface area contributed by atoms with Crippen molar-refractivity contribution >= 4 is 0 Å². The van der Waals surface area contributed by atoms with Crippen LogP contribution in [-0.2, 0) is 0 Å². The first-order valence-electron chi connectivity index (χ1n) is 4.99. The lowest BCUT2D eigenvalue weighted by Gasteiger charge is -2.13. The van der Waals surface area contributed by atoms with Crippen LogP contribution in [0.3, 0.4) is 0 Å². The second kappa shape index (κ2) is 5.21. The summed E-state index contributed by atoms with van der Waals surface area (Å²) >= 11 is 0. The summed E-state index contributed by atoms with van der Waals surface area (Å²) in [4.78, 5) is 1.83. The second-order valence-electron chi connectivity index (χ2n) is 3.76. The molecule has 0 amide bonds. The Bertz CT molecular complexity index is 371. The summed E-state index contributed by atoms with van der Waals surface area (Å²) in [6.07, 6.45) is 1.98. The molecule has 15 heavy (non-hydrogen) atoms. The van der Waals surface area contributed by atoms with E-state index in [4.69, 9.17) is 5.26 Å². The van der Waals surface area contributed by atoms with Crippen LogP contribution in [0, 0.1) is 11.3 Å². The Labute approximate surface area is 91.4 Å². The molecule has 1 atom stereocenters. The molecule has 0 spiro atoms. The standard InChI is InChI=1S/C13H16N2/c1-11(9-13(10-14)15(2)3)12-7-5-4-6-8-12/h4-9,11H,1-3H3. The minimum atomic E-state index is 0.267. The number of nitriles is 1. The van der Waals surface area contributed by atoms with Crippen LogP contribution in [0.4, 0.5) is 0 Å². The third-order valence-electron chi connectivity index (χ3n) is 2.33. The van der Waals surface area contributed by atoms with Crippen molar-refractivity contribution in [3.8, 4) is 6.07 Å². The zero-order valence-electron chi connectivity index (χ0n) is 9.44. The van der Waals surface area contributed by atoms with Crippen LogP contribution >= 0.6 is 0 Å². The summed E-state index contributed by atoms with van der Waals surface area (Å²) in [5.41, 5.74) is 1.93. The number of rotatable bonds is 3. The van der Waals surface area contributed by atoms with Gasteiger partial charge in [0.1, 0.15) is 11.8 Å². The van der Waals surface area contributed by atoms with Gasteiger partial charge in [-0.1, -0.05) is 37.3 Å². The van der Waals surface area contributed by atoms with Crippen molar-refractivity contribution in [3.63, 3.8) is 0 Å². The lowest BCUT2D eigenvalue weighted by Crippen LogP contribution is -2.10. The summed E-state index contributed by atoms with van der Waals surface area (Å²) in [7, 11) is 3.76. The zero-order valence-corrected chi connectivity index (χ0v) is 9.44. The third kappa shape index (κ3) is 3.14. The van der Waals surface area contributed by atoms with Gasteiger partial charge >= 0.3 is 0 Å². The van der Waals surface area contributed by atoms with Crippen LogP contribution in [0.2, 0.25) is 0 Å². The van der Waals surface area contributed by atoms with Crippen LogP contribution in [0.25, 0.3) is 0 Å². The van der Waals surface area contributed by atoms with Crippen LogP contribution < -0.4 is 0 Å². The minimum Gasteiger partial charge on any atom is -0.369 e. The Balaban J connectivity index is 2.88. The molecule has 1 rings (SSSR count). The molecule has 0 bridgehead atoms. The van der Waals surface area contributed by atoms with E-state index in [1.54, 1.807) is 0 Å². The first kappa shape index (κ1) is 11.3. The van der Waals surface area contributed by atoms with Gasteiger partial charge in [0, 0.05) is 20.0 Å². The van der Waals surface area contributed by atoms with E-state index in [1.807, 2.05) is 43.3 Å². The number of allylic oxidation sites excluding steroid dienone is 2. The van der Waals surface area contributed by atoms with Gasteiger partial charge in [0.05, 0.1) is 0 Å². The quantitative estimate of drug-likeness (QED) is 0.701. The van der Waals surface area contributed by atoms with Gasteiger partial charge in [-0.25, -0.2) is 0 Å². The van der Waals surface area contributed by atoms with Crippen LogP contribution in [0.1, 0.15) is 18.4 Å². The number of benzene rings is 1. The maximum Gasteiger partial charge on any atom is 0.117 e. The summed E-state index contributed by atoms with van der Waals surface area (Å²) in [6.45, 7) is 2.09. The predicted octanol–water partition coefficient (Wildman–Crippen LogP) is 2.76. The van der Waals surface area contributed by atoms with E-state index < -0.39 is 0 Å². The van der Waals surface area contributed by atoms with Gasteiger partial charge < -0.3 is 4.90 Å². The summed E-state index contributed by atoms with van der Waals surface area (Å²) in [5, 5.41) is 8.93. The molecule has 2 heteroatoms. The lowest BCUT2D eigenvalue weighted by atomic mass is 10.0. The lowest BCUT2D eigenvalue weighted by molar-refractivity contribution is 0.528. The topological polar surface area (TPSA) is 27.0 Å². The van der Waals surface area contributed by atoms with Crippen molar-refractivity contribution < 1.29 is 0 Å². The Kier molecular flexibility index (Phi) is 3.93. The molecule has 0 saturated heterocycles. The highest BCUT2D eigenvalue weighted by Gasteiger charge is 2.04. The van der Waals surface area contributed by atoms with Crippen LogP contribution in [0.15, 0.2) is 42.1 Å². The van der Waals surface area contributed by atoms with E-state index in [0.717, 1.165) is 0 Å². The molecular formula is C13H16N2. The summed E-state index contributed by atoms with van der Waals surface area (Å²) in [5.74, 6) is 0.267. The molecule has 2 nitrogen and oxygen atoms in total. The first-order chi connectivity index (χ1) is 7.15. The monoisotopic (exact) mass is 200 g/mol. The number of hydrogen-bond donors (Lipinski definition) is 0. The SMILES string of the molecule is CC(C=C(C#N)N(C)C)c1ccccc1. The number of hydrogen-bond acceptors (Lipinski definition) is 2. The average molecular weight is 200 g/mol. The van der Waals surface area contributed by atoms with Crippen molar-refractivity contribution in [2.45, 2.75) is 12.8 Å². The fourth-order valence-electron chi connectivity index (χ4n) is 1.38. The largest absolute Gasteiger partial charge is 0.369 e. The fraction of sp³-hybridized carbons (Fsp3) is 0.308. The molecule has 0 aromatic heterocycles. The molecule has 0 fully saturated rings. The fourth-order valence-corrected chi connectivity index (χ4v) is 1.38. The van der Waals surface area contributed by atoms with Crippen LogP contribution in [0.5, 0.6) is 0 Å². The maximum absolute atomic E-state index is 8.93. The average Bonchev–Trinajstić information content (AvgIpc) is 2.26. The molecule has 1 aromatic carbocycles. The van der Waals surface area contributed by atoms with Gasteiger partial charge in [-0.05, 0) is 11.6 Å². The van der Waals surface area contributed by atoms with Gasteiger partial charge in [0.2, 0.25) is 0 Å². The van der Waals surface area contributed by atoms with E-state index in [9.17, 15) is 0 Å². The minimum absolute atomic E-state index is 0.267. The van der Waals surface area contributed by atoms with Crippen molar-refractivity contribution in [1.82, 2.24) is 4.90 Å². The summed E-state index contributed by atoms with van der Waals surface area (Å²) in [6, 6.07) is 12.4. The van der Waals surface area contributed by atoms with Crippen molar-refractivity contribution in [2.75, 3.05) is 14.1 Å². The molecule has 0 radical (unpaired) electrons. The molecule has 1 unspecified atom stereocenters. The van der Waals surface area contributed by atoms with E-state index in [2.05, 4.69) is 25.1 Å². The van der Waals surface area contributed by atoms with E-state index >= 15 is 0 Å². The Morgan fingerprint density at radius 1 is 1.33 bits per heavy atom. The van der Waals surface area contributed by atoms with Gasteiger partial charge in [-0.2, -0.15) is 5.26 Å². The Morgan fingerprint density at radius 3 is 2.40 bits per heavy atom. The molecular weight excluding hydrogens is 184 g/mol. The van der Waals surface area contributed by atoms with E-state index in [-0.39, 0.29) is 5.92 Å². The van der Waals surface area contributed by atoms with E-state index in [0.29, 0.717) is 5.70 Å². The molecule has 0 aliphatic heterocycles. The highest BCUT2D eigenvalue weighted by atomic mass is 15.1. The van der Waals surface area contributed by atoms with Gasteiger partial charge in [-0.3, -0.25) is 0 Å². The highest BCUT2D eigenvalue weighted by molar-refractivity contribution is 5.28. The third-order valence-corrected chi connectivity index (χ3v) is 2.33. The number of nitrogens with zero attached hydrogens (tertiary/aromatic N) is 2. The highest BCUT2D eigenvalue weighted by Crippen LogP contribution is 2.17. The molecule has 0 N–H and O–H groups in total. The van der Waals surface area contributed by atoms with Crippen molar-refractivity contribution in [3.05, 3.63) is 47.7 Å². The molecule has 0 heterocycles. The van der Waals surface area contributed by atoms with E-state index in [1.165, 1.54) is 5.56 Å². The molecule has 0 aliphatic rings. The Hall–Kier alpha value is -1.75. The Morgan fingerprint density at radius 2 is 1.93 bits per heavy atom. The second-order valence-corrected chi connectivity index (χ2v) is 3.76. The molecule has 1 aromatic rings. The van der Waals surface area contributed by atoms with Crippen LogP contribution in [-0.4, -0.2) is 19.0 Å². The van der Waals surface area contributed by atoms with Crippen molar-refractivity contribution in [1.29, 1.82) is 5.26 Å². The normalized spacial score (nSPS) is 13.1. The smallest absolute Gasteiger partial charge is 0.117 e. The zero-order chi connectivity index (χ0) is 11.3. The molecule has 0 saturated carbocycles. The van der Waals surface area contributed by atoms with Crippen molar-refractivity contribution in [2.24, 2.45) is 0 Å². The summed E-state index contributed by atoms with van der Waals surface area (Å²) < 4.78 is 0.